The van der Waals surface area contributed by atoms with Crippen molar-refractivity contribution in [1.82, 2.24) is 4.90 Å². The second-order valence-electron chi connectivity index (χ2n) is 8.68. The smallest absolute Gasteiger partial charge is 0.416 e. The summed E-state index contributed by atoms with van der Waals surface area (Å²) in [6, 6.07) is 12.2. The zero-order valence-electron chi connectivity index (χ0n) is 21.9. The Morgan fingerprint density at radius 1 is 0.872 bits per heavy atom. The Bertz CT molecular complexity index is 1420. The largest absolute Gasteiger partial charge is 0.497 e. The molecule has 1 amide bonds. The van der Waals surface area contributed by atoms with Gasteiger partial charge in [-0.05, 0) is 61.9 Å². The topological polar surface area (TPSA) is 91.4 Å². The van der Waals surface area contributed by atoms with Crippen LogP contribution in [-0.4, -0.2) is 46.6 Å². The number of hydrogen-bond donors (Lipinski definition) is 0. The Kier molecular flexibility index (Phi) is 9.00. The SMILES string of the molecule is COc1cc(OC)cc(C(=O)N(Cc2ccc(OC)c(OS(=O)(=O)c3cccc(C(F)(F)F)c3)c2)C(C)C)c1. The minimum absolute atomic E-state index is 0.0363. The number of carbonyl (C=O) groups excluding carboxylic acids is 1. The van der Waals surface area contributed by atoms with E-state index in [0.717, 1.165) is 18.2 Å². The van der Waals surface area contributed by atoms with Gasteiger partial charge in [0.2, 0.25) is 0 Å². The molecule has 0 saturated heterocycles. The lowest BCUT2D eigenvalue weighted by Crippen LogP contribution is -2.36. The molecule has 12 heteroatoms. The van der Waals surface area contributed by atoms with Crippen molar-refractivity contribution in [2.75, 3.05) is 21.3 Å². The average Bonchev–Trinajstić information content (AvgIpc) is 2.90. The third-order valence-corrected chi connectivity index (χ3v) is 6.94. The highest BCUT2D eigenvalue weighted by atomic mass is 32.2. The maximum atomic E-state index is 13.4. The molecule has 0 aliphatic carbocycles. The fourth-order valence-corrected chi connectivity index (χ4v) is 4.64. The van der Waals surface area contributed by atoms with Gasteiger partial charge < -0.3 is 23.3 Å². The van der Waals surface area contributed by atoms with Crippen LogP contribution in [0.4, 0.5) is 13.2 Å². The van der Waals surface area contributed by atoms with E-state index >= 15 is 0 Å². The van der Waals surface area contributed by atoms with E-state index in [1.165, 1.54) is 33.5 Å². The Balaban J connectivity index is 1.94. The molecule has 0 saturated carbocycles. The summed E-state index contributed by atoms with van der Waals surface area (Å²) in [5.41, 5.74) is -0.327. The monoisotopic (exact) mass is 567 g/mol. The van der Waals surface area contributed by atoms with Crippen molar-refractivity contribution < 1.29 is 44.8 Å². The van der Waals surface area contributed by atoms with Gasteiger partial charge in [-0.2, -0.15) is 21.6 Å². The van der Waals surface area contributed by atoms with Gasteiger partial charge in [-0.15, -0.1) is 0 Å². The van der Waals surface area contributed by atoms with E-state index in [9.17, 15) is 26.4 Å². The number of amides is 1. The Hall–Kier alpha value is -3.93. The van der Waals surface area contributed by atoms with Crippen molar-refractivity contribution in [2.24, 2.45) is 0 Å². The molecule has 210 valence electrons. The lowest BCUT2D eigenvalue weighted by molar-refractivity contribution is -0.137. The number of halogens is 3. The molecule has 0 unspecified atom stereocenters. The molecule has 8 nitrogen and oxygen atoms in total. The molecule has 39 heavy (non-hydrogen) atoms. The molecule has 0 N–H and O–H groups in total. The van der Waals surface area contributed by atoms with E-state index in [2.05, 4.69) is 0 Å². The number of hydrogen-bond acceptors (Lipinski definition) is 7. The van der Waals surface area contributed by atoms with Crippen LogP contribution in [0.3, 0.4) is 0 Å². The number of rotatable bonds is 10. The fraction of sp³-hybridized carbons (Fsp3) is 0.296. The molecule has 0 heterocycles. The van der Waals surface area contributed by atoms with E-state index < -0.39 is 26.8 Å². The van der Waals surface area contributed by atoms with Crippen molar-refractivity contribution in [1.29, 1.82) is 0 Å². The van der Waals surface area contributed by atoms with Gasteiger partial charge in [0.1, 0.15) is 16.4 Å². The molecule has 0 atom stereocenters. The summed E-state index contributed by atoms with van der Waals surface area (Å²) in [7, 11) is -0.427. The van der Waals surface area contributed by atoms with Crippen LogP contribution in [0.1, 0.15) is 35.3 Å². The molecule has 0 bridgehead atoms. The van der Waals surface area contributed by atoms with Gasteiger partial charge in [0.05, 0.1) is 26.9 Å². The van der Waals surface area contributed by atoms with Gasteiger partial charge in [0, 0.05) is 24.2 Å². The van der Waals surface area contributed by atoms with Crippen molar-refractivity contribution in [2.45, 2.75) is 37.5 Å². The average molecular weight is 568 g/mol. The van der Waals surface area contributed by atoms with Crippen LogP contribution in [0.2, 0.25) is 0 Å². The van der Waals surface area contributed by atoms with Crippen LogP contribution >= 0.6 is 0 Å². The van der Waals surface area contributed by atoms with Crippen molar-refractivity contribution in [3.05, 3.63) is 77.4 Å². The van der Waals surface area contributed by atoms with Crippen LogP contribution in [0, 0.1) is 0 Å². The lowest BCUT2D eigenvalue weighted by Gasteiger charge is -2.27. The molecular formula is C27H28F3NO7S. The van der Waals surface area contributed by atoms with E-state index in [1.807, 2.05) is 13.8 Å². The lowest BCUT2D eigenvalue weighted by atomic mass is 10.1. The van der Waals surface area contributed by atoms with E-state index in [1.54, 1.807) is 29.2 Å². The highest BCUT2D eigenvalue weighted by molar-refractivity contribution is 7.87. The number of nitrogens with zero attached hydrogens (tertiary/aromatic N) is 1. The van der Waals surface area contributed by atoms with E-state index in [0.29, 0.717) is 28.7 Å². The van der Waals surface area contributed by atoms with Crippen LogP contribution in [0.5, 0.6) is 23.0 Å². The second kappa shape index (κ2) is 11.9. The maximum absolute atomic E-state index is 13.4. The third-order valence-electron chi connectivity index (χ3n) is 5.71. The zero-order chi connectivity index (χ0) is 29.0. The summed E-state index contributed by atoms with van der Waals surface area (Å²) in [4.78, 5) is 14.3. The molecule has 0 aliphatic rings. The highest BCUT2D eigenvalue weighted by Crippen LogP contribution is 2.34. The summed E-state index contributed by atoms with van der Waals surface area (Å²) in [6.45, 7) is 3.68. The van der Waals surface area contributed by atoms with Crippen LogP contribution < -0.4 is 18.4 Å². The summed E-state index contributed by atoms with van der Waals surface area (Å²) in [5.74, 6) is 0.320. The maximum Gasteiger partial charge on any atom is 0.416 e. The summed E-state index contributed by atoms with van der Waals surface area (Å²) in [5, 5.41) is 0. The van der Waals surface area contributed by atoms with Gasteiger partial charge >= 0.3 is 16.3 Å². The predicted octanol–water partition coefficient (Wildman–Crippen LogP) is 5.55. The predicted molar refractivity (Wildman–Crippen MR) is 137 cm³/mol. The second-order valence-corrected chi connectivity index (χ2v) is 10.2. The van der Waals surface area contributed by atoms with Gasteiger partial charge in [0.25, 0.3) is 5.91 Å². The number of ether oxygens (including phenoxy) is 3. The highest BCUT2D eigenvalue weighted by Gasteiger charge is 2.32. The minimum atomic E-state index is -4.73. The molecule has 0 aromatic heterocycles. The molecule has 0 aliphatic heterocycles. The number of benzene rings is 3. The molecule has 0 radical (unpaired) electrons. The van der Waals surface area contributed by atoms with E-state index in [4.69, 9.17) is 18.4 Å². The molecule has 3 rings (SSSR count). The first-order valence-electron chi connectivity index (χ1n) is 11.6. The Morgan fingerprint density at radius 3 is 2.05 bits per heavy atom. The fourth-order valence-electron chi connectivity index (χ4n) is 3.66. The van der Waals surface area contributed by atoms with Crippen molar-refractivity contribution >= 4 is 16.0 Å². The standard InChI is InChI=1S/C27H28F3NO7S/c1-17(2)31(26(32)19-12-21(35-3)15-22(13-19)36-4)16-18-9-10-24(37-5)25(11-18)38-39(33,34)23-8-6-7-20(14-23)27(28,29)30/h6-15,17H,16H2,1-5H3. The van der Waals surface area contributed by atoms with Crippen molar-refractivity contribution in [3.8, 4) is 23.0 Å². The first-order valence-corrected chi connectivity index (χ1v) is 13.0. The quantitative estimate of drug-likeness (QED) is 0.297. The Labute approximate surface area is 225 Å². The van der Waals surface area contributed by atoms with Gasteiger partial charge in [-0.3, -0.25) is 4.79 Å². The van der Waals surface area contributed by atoms with Crippen LogP contribution in [-0.2, 0) is 22.8 Å². The first kappa shape index (κ1) is 29.6. The molecule has 3 aromatic carbocycles. The first-order chi connectivity index (χ1) is 18.3. The number of methoxy groups -OCH3 is 3. The van der Waals surface area contributed by atoms with Crippen LogP contribution in [0.15, 0.2) is 65.6 Å². The third kappa shape index (κ3) is 7.14. The van der Waals surface area contributed by atoms with Crippen LogP contribution in [0.25, 0.3) is 0 Å². The molecular weight excluding hydrogens is 539 g/mol. The summed E-state index contributed by atoms with van der Waals surface area (Å²) >= 11 is 0. The van der Waals surface area contributed by atoms with Crippen molar-refractivity contribution in [3.63, 3.8) is 0 Å². The van der Waals surface area contributed by atoms with Gasteiger partial charge in [-0.1, -0.05) is 12.1 Å². The zero-order valence-corrected chi connectivity index (χ0v) is 22.7. The van der Waals surface area contributed by atoms with E-state index in [-0.39, 0.29) is 30.0 Å². The molecule has 0 spiro atoms. The van der Waals surface area contributed by atoms with Gasteiger partial charge in [0.15, 0.2) is 11.5 Å². The normalized spacial score (nSPS) is 11.7. The number of carbonyl (C=O) groups is 1. The Morgan fingerprint density at radius 2 is 1.51 bits per heavy atom. The molecule has 0 fully saturated rings. The summed E-state index contributed by atoms with van der Waals surface area (Å²) < 4.78 is 86.0. The van der Waals surface area contributed by atoms with Gasteiger partial charge in [-0.25, -0.2) is 0 Å². The number of alkyl halides is 3. The minimum Gasteiger partial charge on any atom is -0.497 e. The summed E-state index contributed by atoms with van der Waals surface area (Å²) in [6.07, 6.45) is -4.73. The molecule has 3 aromatic rings.